The first-order valence-electron chi connectivity index (χ1n) is 6.86. The monoisotopic (exact) mass is 382 g/mol. The normalized spacial score (nSPS) is 10.7. The average molecular weight is 384 g/mol. The smallest absolute Gasteiger partial charge is 0.248 e. The molecule has 0 saturated heterocycles. The van der Waals surface area contributed by atoms with Crippen molar-refractivity contribution in [3.8, 4) is 0 Å². The van der Waals surface area contributed by atoms with Gasteiger partial charge in [-0.05, 0) is 48.0 Å². The van der Waals surface area contributed by atoms with E-state index < -0.39 is 0 Å². The van der Waals surface area contributed by atoms with E-state index in [2.05, 4.69) is 10.6 Å². The number of nitrogens with one attached hydrogen (secondary N) is 2. The minimum absolute atomic E-state index is 0.204. The first-order valence-corrected chi connectivity index (χ1v) is 8.00. The molecule has 0 spiro atoms. The van der Waals surface area contributed by atoms with Crippen molar-refractivity contribution in [2.24, 2.45) is 0 Å². The molecule has 4 nitrogen and oxygen atoms in total. The van der Waals surface area contributed by atoms with Crippen LogP contribution in [0.2, 0.25) is 15.1 Å². The number of anilines is 2. The maximum atomic E-state index is 12.0. The van der Waals surface area contributed by atoms with Crippen molar-refractivity contribution in [1.82, 2.24) is 0 Å². The van der Waals surface area contributed by atoms with Crippen molar-refractivity contribution in [3.63, 3.8) is 0 Å². The number of carbonyl (C=O) groups is 2. The van der Waals surface area contributed by atoms with Gasteiger partial charge in [0.1, 0.15) is 0 Å². The van der Waals surface area contributed by atoms with E-state index in [9.17, 15) is 9.59 Å². The fourth-order valence-corrected chi connectivity index (χ4v) is 2.47. The highest BCUT2D eigenvalue weighted by Gasteiger charge is 2.06. The van der Waals surface area contributed by atoms with Gasteiger partial charge in [0.15, 0.2) is 0 Å². The second kappa shape index (κ2) is 8.20. The molecule has 0 aliphatic carbocycles. The average Bonchev–Trinajstić information content (AvgIpc) is 2.50. The summed E-state index contributed by atoms with van der Waals surface area (Å²) < 4.78 is 0. The Kier molecular flexibility index (Phi) is 6.26. The third kappa shape index (κ3) is 5.27. The molecule has 0 bridgehead atoms. The van der Waals surface area contributed by atoms with Gasteiger partial charge < -0.3 is 10.6 Å². The molecule has 0 radical (unpaired) electrons. The second-order valence-corrected chi connectivity index (χ2v) is 6.12. The lowest BCUT2D eigenvalue weighted by Crippen LogP contribution is -2.09. The molecule has 2 aromatic rings. The number of hydrogen-bond acceptors (Lipinski definition) is 2. The van der Waals surface area contributed by atoms with E-state index in [-0.39, 0.29) is 11.8 Å². The van der Waals surface area contributed by atoms with Crippen LogP contribution in [0.5, 0.6) is 0 Å². The van der Waals surface area contributed by atoms with E-state index in [0.29, 0.717) is 32.0 Å². The number of rotatable bonds is 4. The van der Waals surface area contributed by atoms with Crippen LogP contribution < -0.4 is 10.6 Å². The quantitative estimate of drug-likeness (QED) is 0.708. The van der Waals surface area contributed by atoms with Crippen LogP contribution in [-0.2, 0) is 9.59 Å². The zero-order valence-corrected chi connectivity index (χ0v) is 14.8. The summed E-state index contributed by atoms with van der Waals surface area (Å²) in [6.45, 7) is 1.40. The van der Waals surface area contributed by atoms with Gasteiger partial charge in [-0.1, -0.05) is 34.8 Å². The van der Waals surface area contributed by atoms with Crippen LogP contribution in [0.4, 0.5) is 11.4 Å². The van der Waals surface area contributed by atoms with Gasteiger partial charge in [-0.3, -0.25) is 9.59 Å². The molecule has 0 fully saturated rings. The molecule has 2 rings (SSSR count). The molecule has 0 aromatic heterocycles. The van der Waals surface area contributed by atoms with Crippen molar-refractivity contribution in [2.45, 2.75) is 6.92 Å². The van der Waals surface area contributed by atoms with Crippen LogP contribution in [-0.4, -0.2) is 11.8 Å². The summed E-state index contributed by atoms with van der Waals surface area (Å²) >= 11 is 18.0. The Labute approximate surface area is 154 Å². The molecule has 2 N–H and O–H groups in total. The van der Waals surface area contributed by atoms with Gasteiger partial charge in [0, 0.05) is 28.7 Å². The van der Waals surface area contributed by atoms with E-state index in [4.69, 9.17) is 34.8 Å². The summed E-state index contributed by atoms with van der Waals surface area (Å²) in [5, 5.41) is 6.58. The lowest BCUT2D eigenvalue weighted by molar-refractivity contribution is -0.114. The molecule has 0 heterocycles. The van der Waals surface area contributed by atoms with Gasteiger partial charge in [0.25, 0.3) is 0 Å². The number of benzene rings is 2. The Morgan fingerprint density at radius 3 is 2.38 bits per heavy atom. The molecule has 7 heteroatoms. The molecule has 2 amide bonds. The fourth-order valence-electron chi connectivity index (χ4n) is 1.88. The highest BCUT2D eigenvalue weighted by atomic mass is 35.5. The molecule has 2 aromatic carbocycles. The van der Waals surface area contributed by atoms with Crippen LogP contribution in [0.25, 0.3) is 6.08 Å². The van der Waals surface area contributed by atoms with Crippen molar-refractivity contribution >= 4 is 64.1 Å². The number of amides is 2. The van der Waals surface area contributed by atoms with E-state index in [0.717, 1.165) is 0 Å². The van der Waals surface area contributed by atoms with Crippen LogP contribution >= 0.6 is 34.8 Å². The molecule has 124 valence electrons. The summed E-state index contributed by atoms with van der Waals surface area (Å²) in [6.07, 6.45) is 2.89. The molecule has 0 unspecified atom stereocenters. The Morgan fingerprint density at radius 1 is 0.958 bits per heavy atom. The first-order chi connectivity index (χ1) is 11.3. The summed E-state index contributed by atoms with van der Waals surface area (Å²) in [5.41, 5.74) is 1.61. The van der Waals surface area contributed by atoms with Gasteiger partial charge in [-0.15, -0.1) is 0 Å². The Hall–Kier alpha value is -2.01. The number of halogens is 3. The van der Waals surface area contributed by atoms with Gasteiger partial charge in [-0.2, -0.15) is 0 Å². The zero-order chi connectivity index (χ0) is 17.7. The standard InChI is InChI=1S/C17H13Cl3N2O2/c1-10(23)21-13-4-6-16(15(20)9-13)22-17(24)7-2-11-8-12(18)3-5-14(11)19/h2-9H,1H3,(H,21,23)(H,22,24)/b7-2+. The second-order valence-electron chi connectivity index (χ2n) is 4.86. The summed E-state index contributed by atoms with van der Waals surface area (Å²) in [7, 11) is 0. The van der Waals surface area contributed by atoms with Crippen molar-refractivity contribution < 1.29 is 9.59 Å². The minimum atomic E-state index is -0.375. The minimum Gasteiger partial charge on any atom is -0.326 e. The summed E-state index contributed by atoms with van der Waals surface area (Å²) in [6, 6.07) is 9.77. The summed E-state index contributed by atoms with van der Waals surface area (Å²) in [5.74, 6) is -0.579. The number of carbonyl (C=O) groups excluding carboxylic acids is 2. The van der Waals surface area contributed by atoms with E-state index in [1.807, 2.05) is 0 Å². The largest absolute Gasteiger partial charge is 0.326 e. The van der Waals surface area contributed by atoms with E-state index >= 15 is 0 Å². The Balaban J connectivity index is 2.08. The molecular formula is C17H13Cl3N2O2. The lowest BCUT2D eigenvalue weighted by Gasteiger charge is -2.08. The van der Waals surface area contributed by atoms with Gasteiger partial charge in [-0.25, -0.2) is 0 Å². The predicted octanol–water partition coefficient (Wildman–Crippen LogP) is 5.26. The third-order valence-corrected chi connectivity index (χ3v) is 3.81. The topological polar surface area (TPSA) is 58.2 Å². The molecule has 24 heavy (non-hydrogen) atoms. The Morgan fingerprint density at radius 2 is 1.71 bits per heavy atom. The van der Waals surface area contributed by atoms with Crippen LogP contribution in [0.15, 0.2) is 42.5 Å². The zero-order valence-electron chi connectivity index (χ0n) is 12.6. The van der Waals surface area contributed by atoms with Gasteiger partial charge in [0.05, 0.1) is 10.7 Å². The fraction of sp³-hybridized carbons (Fsp3) is 0.0588. The van der Waals surface area contributed by atoms with Gasteiger partial charge in [0.2, 0.25) is 11.8 Å². The summed E-state index contributed by atoms with van der Waals surface area (Å²) in [4.78, 5) is 23.0. The maximum Gasteiger partial charge on any atom is 0.248 e. The SMILES string of the molecule is CC(=O)Nc1ccc(NC(=O)/C=C/c2cc(Cl)ccc2Cl)c(Cl)c1. The lowest BCUT2D eigenvalue weighted by atomic mass is 10.2. The molecular weight excluding hydrogens is 371 g/mol. The highest BCUT2D eigenvalue weighted by Crippen LogP contribution is 2.26. The van der Waals surface area contributed by atoms with Crippen LogP contribution in [0.1, 0.15) is 12.5 Å². The van der Waals surface area contributed by atoms with E-state index in [1.165, 1.54) is 13.0 Å². The van der Waals surface area contributed by atoms with Crippen LogP contribution in [0, 0.1) is 0 Å². The molecule has 0 atom stereocenters. The van der Waals surface area contributed by atoms with Crippen molar-refractivity contribution in [2.75, 3.05) is 10.6 Å². The van der Waals surface area contributed by atoms with Crippen LogP contribution in [0.3, 0.4) is 0 Å². The molecule has 0 aliphatic rings. The predicted molar refractivity (Wildman–Crippen MR) is 99.9 cm³/mol. The molecule has 0 saturated carbocycles. The maximum absolute atomic E-state index is 12.0. The van der Waals surface area contributed by atoms with Crippen molar-refractivity contribution in [1.29, 1.82) is 0 Å². The molecule has 0 aliphatic heterocycles. The van der Waals surface area contributed by atoms with Gasteiger partial charge >= 0.3 is 0 Å². The highest BCUT2D eigenvalue weighted by molar-refractivity contribution is 6.35. The third-order valence-electron chi connectivity index (χ3n) is 2.92. The van der Waals surface area contributed by atoms with E-state index in [1.54, 1.807) is 42.5 Å². The first kappa shape index (κ1) is 18.3. The Bertz CT molecular complexity index is 819. The van der Waals surface area contributed by atoms with Crippen molar-refractivity contribution in [3.05, 3.63) is 63.1 Å². The number of hydrogen-bond donors (Lipinski definition) is 2.